The van der Waals surface area contributed by atoms with Crippen LogP contribution >= 0.6 is 0 Å². The van der Waals surface area contributed by atoms with Crippen LogP contribution in [0.4, 0.5) is 5.69 Å². The molecule has 2 aromatic rings. The van der Waals surface area contributed by atoms with Gasteiger partial charge in [0.1, 0.15) is 12.4 Å². The van der Waals surface area contributed by atoms with Gasteiger partial charge in [-0.05, 0) is 48.4 Å². The molecule has 4 heteroatoms. The highest BCUT2D eigenvalue weighted by atomic mass is 16.5. The summed E-state index contributed by atoms with van der Waals surface area (Å²) in [5.41, 5.74) is 3.86. The highest BCUT2D eigenvalue weighted by molar-refractivity contribution is 5.98. The quantitative estimate of drug-likeness (QED) is 0.363. The molecule has 1 aliphatic carbocycles. The number of hydrogen-bond donors (Lipinski definition) is 1. The molecule has 0 unspecified atom stereocenters. The summed E-state index contributed by atoms with van der Waals surface area (Å²) >= 11 is 0. The van der Waals surface area contributed by atoms with Crippen LogP contribution in [0.15, 0.2) is 59.6 Å². The Bertz CT molecular complexity index is 737. The summed E-state index contributed by atoms with van der Waals surface area (Å²) < 4.78 is 5.73. The maximum atomic E-state index is 8.97. The van der Waals surface area contributed by atoms with Crippen molar-refractivity contribution in [2.75, 3.05) is 31.8 Å². The van der Waals surface area contributed by atoms with Crippen molar-refractivity contribution in [1.82, 2.24) is 0 Å². The van der Waals surface area contributed by atoms with Crippen molar-refractivity contribution >= 4 is 11.5 Å². The number of nitrogens with zero attached hydrogens (tertiary/aromatic N) is 2. The number of amidine groups is 1. The molecule has 3 rings (SSSR count). The normalized spacial score (nSPS) is 15.4. The minimum Gasteiger partial charge on any atom is -0.396 e. The monoisotopic (exact) mass is 394 g/mol. The number of aliphatic hydroxyl groups is 1. The Balaban J connectivity index is 1.72. The largest absolute Gasteiger partial charge is 0.396 e. The minimum absolute atomic E-state index is 0.147. The van der Waals surface area contributed by atoms with E-state index in [9.17, 15) is 0 Å². The SMILES string of the molecule is CN=C(COCCCO)N(Cc1ccc(C2CCCCC2)cc1)c1ccccc1. The lowest BCUT2D eigenvalue weighted by Crippen LogP contribution is -2.34. The molecule has 0 spiro atoms. The number of aliphatic hydroxyl groups excluding tert-OH is 1. The summed E-state index contributed by atoms with van der Waals surface area (Å²) in [6, 6.07) is 19.5. The predicted octanol–water partition coefficient (Wildman–Crippen LogP) is 5.17. The van der Waals surface area contributed by atoms with Crippen LogP contribution in [0.25, 0.3) is 0 Å². The van der Waals surface area contributed by atoms with Gasteiger partial charge in [0.05, 0.1) is 0 Å². The van der Waals surface area contributed by atoms with Crippen molar-refractivity contribution in [2.45, 2.75) is 51.0 Å². The van der Waals surface area contributed by atoms with Gasteiger partial charge in [-0.25, -0.2) is 0 Å². The molecule has 29 heavy (non-hydrogen) atoms. The lowest BCUT2D eigenvalue weighted by atomic mass is 9.84. The number of ether oxygens (including phenoxy) is 1. The van der Waals surface area contributed by atoms with Gasteiger partial charge in [0.25, 0.3) is 0 Å². The molecule has 0 radical (unpaired) electrons. The second-order valence-corrected chi connectivity index (χ2v) is 7.77. The van der Waals surface area contributed by atoms with E-state index in [4.69, 9.17) is 9.84 Å². The van der Waals surface area contributed by atoms with Gasteiger partial charge < -0.3 is 14.7 Å². The first kappa shape index (κ1) is 21.5. The Morgan fingerprint density at radius 1 is 1.03 bits per heavy atom. The van der Waals surface area contributed by atoms with Crippen molar-refractivity contribution in [1.29, 1.82) is 0 Å². The van der Waals surface area contributed by atoms with Crippen molar-refractivity contribution in [2.24, 2.45) is 4.99 Å². The molecule has 0 aromatic heterocycles. The van der Waals surface area contributed by atoms with Crippen molar-refractivity contribution < 1.29 is 9.84 Å². The molecule has 1 fully saturated rings. The molecule has 0 bridgehead atoms. The Morgan fingerprint density at radius 3 is 2.41 bits per heavy atom. The third kappa shape index (κ3) is 6.41. The van der Waals surface area contributed by atoms with Crippen molar-refractivity contribution in [3.63, 3.8) is 0 Å². The molecule has 2 aromatic carbocycles. The zero-order chi connectivity index (χ0) is 20.3. The van der Waals surface area contributed by atoms with E-state index >= 15 is 0 Å². The molecule has 0 heterocycles. The first-order valence-electron chi connectivity index (χ1n) is 10.9. The number of anilines is 1. The van der Waals surface area contributed by atoms with Crippen LogP contribution in [0.5, 0.6) is 0 Å². The van der Waals surface area contributed by atoms with E-state index in [1.165, 1.54) is 43.2 Å². The minimum atomic E-state index is 0.147. The molecule has 1 N–H and O–H groups in total. The van der Waals surface area contributed by atoms with E-state index in [1.54, 1.807) is 0 Å². The van der Waals surface area contributed by atoms with Crippen LogP contribution < -0.4 is 4.90 Å². The Hall–Kier alpha value is -2.17. The van der Waals surface area contributed by atoms with E-state index < -0.39 is 0 Å². The zero-order valence-electron chi connectivity index (χ0n) is 17.6. The number of benzene rings is 2. The molecule has 1 saturated carbocycles. The molecule has 4 nitrogen and oxygen atoms in total. The molecule has 1 aliphatic rings. The third-order valence-electron chi connectivity index (χ3n) is 5.71. The Morgan fingerprint density at radius 2 is 1.76 bits per heavy atom. The third-order valence-corrected chi connectivity index (χ3v) is 5.71. The number of hydrogen-bond acceptors (Lipinski definition) is 3. The van der Waals surface area contributed by atoms with Gasteiger partial charge in [-0.3, -0.25) is 4.99 Å². The van der Waals surface area contributed by atoms with Gasteiger partial charge in [-0.1, -0.05) is 61.7 Å². The summed E-state index contributed by atoms with van der Waals surface area (Å²) in [5.74, 6) is 1.63. The number of aliphatic imine (C=N–C) groups is 1. The van der Waals surface area contributed by atoms with Crippen LogP contribution in [0.1, 0.15) is 55.6 Å². The van der Waals surface area contributed by atoms with Crippen molar-refractivity contribution in [3.05, 3.63) is 65.7 Å². The standard InChI is InChI=1S/C25H34N2O2/c1-26-25(20-29-18-8-17-28)27(24-11-6-3-7-12-24)19-21-13-15-23(16-14-21)22-9-4-2-5-10-22/h3,6-7,11-16,22,28H,2,4-5,8-10,17-20H2,1H3. The molecule has 0 atom stereocenters. The highest BCUT2D eigenvalue weighted by Crippen LogP contribution is 2.32. The molecular weight excluding hydrogens is 360 g/mol. The molecule has 0 saturated heterocycles. The fraction of sp³-hybridized carbons (Fsp3) is 0.480. The lowest BCUT2D eigenvalue weighted by Gasteiger charge is -2.27. The van der Waals surface area contributed by atoms with Gasteiger partial charge in [0.2, 0.25) is 0 Å². The topological polar surface area (TPSA) is 45.1 Å². The fourth-order valence-electron chi connectivity index (χ4n) is 4.05. The van der Waals surface area contributed by atoms with Crippen LogP contribution in [-0.4, -0.2) is 37.8 Å². The van der Waals surface area contributed by atoms with Gasteiger partial charge in [-0.2, -0.15) is 0 Å². The van der Waals surface area contributed by atoms with Gasteiger partial charge in [0.15, 0.2) is 0 Å². The average Bonchev–Trinajstić information content (AvgIpc) is 2.80. The molecular formula is C25H34N2O2. The van der Waals surface area contributed by atoms with Crippen LogP contribution in [0.3, 0.4) is 0 Å². The number of para-hydroxylation sites is 1. The first-order valence-corrected chi connectivity index (χ1v) is 10.9. The average molecular weight is 395 g/mol. The summed E-state index contributed by atoms with van der Waals surface area (Å²) in [5, 5.41) is 8.97. The summed E-state index contributed by atoms with van der Waals surface area (Å²) in [6.45, 7) is 1.87. The molecule has 156 valence electrons. The van der Waals surface area contributed by atoms with E-state index in [-0.39, 0.29) is 6.61 Å². The van der Waals surface area contributed by atoms with Crippen LogP contribution in [0, 0.1) is 0 Å². The second kappa shape index (κ2) is 11.7. The van der Waals surface area contributed by atoms with Crippen LogP contribution in [-0.2, 0) is 11.3 Å². The lowest BCUT2D eigenvalue weighted by molar-refractivity contribution is 0.145. The number of rotatable bonds is 9. The van der Waals surface area contributed by atoms with E-state index in [2.05, 4.69) is 58.4 Å². The van der Waals surface area contributed by atoms with E-state index in [0.717, 1.165) is 24.0 Å². The van der Waals surface area contributed by atoms with E-state index in [0.29, 0.717) is 19.6 Å². The maximum Gasteiger partial charge on any atom is 0.130 e. The fourth-order valence-corrected chi connectivity index (χ4v) is 4.05. The first-order chi connectivity index (χ1) is 14.3. The molecule has 0 amide bonds. The summed E-state index contributed by atoms with van der Waals surface area (Å²) in [6.07, 6.45) is 7.41. The zero-order valence-corrected chi connectivity index (χ0v) is 17.6. The van der Waals surface area contributed by atoms with Gasteiger partial charge >= 0.3 is 0 Å². The second-order valence-electron chi connectivity index (χ2n) is 7.77. The summed E-state index contributed by atoms with van der Waals surface area (Å²) in [4.78, 5) is 6.72. The van der Waals surface area contributed by atoms with Gasteiger partial charge in [0, 0.05) is 32.5 Å². The van der Waals surface area contributed by atoms with Crippen LogP contribution in [0.2, 0.25) is 0 Å². The Kier molecular flexibility index (Phi) is 8.72. The molecule has 0 aliphatic heterocycles. The van der Waals surface area contributed by atoms with Crippen molar-refractivity contribution in [3.8, 4) is 0 Å². The predicted molar refractivity (Wildman–Crippen MR) is 121 cm³/mol. The maximum absolute atomic E-state index is 8.97. The Labute approximate surface area is 175 Å². The summed E-state index contributed by atoms with van der Waals surface area (Å²) in [7, 11) is 1.81. The highest BCUT2D eigenvalue weighted by Gasteiger charge is 2.17. The van der Waals surface area contributed by atoms with Gasteiger partial charge in [-0.15, -0.1) is 0 Å². The van der Waals surface area contributed by atoms with E-state index in [1.807, 2.05) is 13.1 Å². The smallest absolute Gasteiger partial charge is 0.130 e.